The number of aryl methyl sites for hydroxylation is 1. The topological polar surface area (TPSA) is 58.4 Å². The molecule has 0 aromatic heterocycles. The smallest absolute Gasteiger partial charge is 0.223 e. The number of nitrogens with zero attached hydrogens (tertiary/aromatic N) is 1. The second-order valence-electron chi connectivity index (χ2n) is 8.97. The second kappa shape index (κ2) is 10.6. The van der Waals surface area contributed by atoms with Crippen LogP contribution < -0.4 is 16.0 Å². The summed E-state index contributed by atoms with van der Waals surface area (Å²) in [6, 6.07) is 6.41. The summed E-state index contributed by atoms with van der Waals surface area (Å²) in [5.41, 5.74) is 8.85. The quantitative estimate of drug-likeness (QED) is 0.688. The number of amides is 1. The molecule has 3 fully saturated rings. The highest BCUT2D eigenvalue weighted by Gasteiger charge is 2.40. The largest absolute Gasteiger partial charge is 0.371 e. The molecule has 1 saturated heterocycles. The highest BCUT2D eigenvalue weighted by molar-refractivity contribution is 6.30. The van der Waals surface area contributed by atoms with Crippen LogP contribution in [0.2, 0.25) is 5.02 Å². The maximum absolute atomic E-state index is 12.8. The first-order chi connectivity index (χ1) is 13.0. The number of anilines is 1. The van der Waals surface area contributed by atoms with Gasteiger partial charge in [0.05, 0.1) is 0 Å². The summed E-state index contributed by atoms with van der Waals surface area (Å²) in [7, 11) is 0. The molecular weight excluding hydrogens is 429 g/mol. The molecule has 3 unspecified atom stereocenters. The van der Waals surface area contributed by atoms with Crippen molar-refractivity contribution in [2.45, 2.75) is 51.5 Å². The molecule has 2 aliphatic carbocycles. The molecule has 3 aliphatic rings. The number of rotatable bonds is 4. The van der Waals surface area contributed by atoms with Gasteiger partial charge in [-0.2, -0.15) is 0 Å². The number of benzene rings is 1. The van der Waals surface area contributed by atoms with Crippen LogP contribution in [0.4, 0.5) is 5.69 Å². The van der Waals surface area contributed by atoms with Crippen molar-refractivity contribution < 1.29 is 4.79 Å². The summed E-state index contributed by atoms with van der Waals surface area (Å²) >= 11 is 6.18. The van der Waals surface area contributed by atoms with Gasteiger partial charge in [-0.1, -0.05) is 24.1 Å². The van der Waals surface area contributed by atoms with Crippen LogP contribution in [0.15, 0.2) is 18.2 Å². The molecule has 164 valence electrons. The van der Waals surface area contributed by atoms with Gasteiger partial charge in [0.1, 0.15) is 0 Å². The van der Waals surface area contributed by atoms with E-state index >= 15 is 0 Å². The summed E-state index contributed by atoms with van der Waals surface area (Å²) in [6.07, 6.45) is 6.80. The molecule has 0 radical (unpaired) electrons. The Morgan fingerprint density at radius 1 is 1.21 bits per heavy atom. The average molecular weight is 463 g/mol. The summed E-state index contributed by atoms with van der Waals surface area (Å²) < 4.78 is 0. The molecule has 3 N–H and O–H groups in total. The second-order valence-corrected chi connectivity index (χ2v) is 9.41. The van der Waals surface area contributed by atoms with E-state index < -0.39 is 0 Å². The van der Waals surface area contributed by atoms with Crippen LogP contribution in [0, 0.1) is 30.6 Å². The van der Waals surface area contributed by atoms with Crippen LogP contribution in [0.5, 0.6) is 0 Å². The van der Waals surface area contributed by atoms with Crippen molar-refractivity contribution >= 4 is 48.0 Å². The van der Waals surface area contributed by atoms with Gasteiger partial charge in [0.15, 0.2) is 0 Å². The third kappa shape index (κ3) is 5.52. The van der Waals surface area contributed by atoms with E-state index in [-0.39, 0.29) is 36.6 Å². The maximum Gasteiger partial charge on any atom is 0.223 e. The third-order valence-electron chi connectivity index (χ3n) is 7.15. The van der Waals surface area contributed by atoms with Crippen LogP contribution in [-0.4, -0.2) is 31.6 Å². The molecule has 0 spiro atoms. The molecular formula is C22H34Cl3N3O. The lowest BCUT2D eigenvalue weighted by Crippen LogP contribution is -2.49. The van der Waals surface area contributed by atoms with E-state index in [9.17, 15) is 4.79 Å². The zero-order valence-electron chi connectivity index (χ0n) is 17.1. The van der Waals surface area contributed by atoms with Crippen LogP contribution in [0.25, 0.3) is 0 Å². The van der Waals surface area contributed by atoms with E-state index in [0.29, 0.717) is 23.8 Å². The first kappa shape index (κ1) is 24.6. The third-order valence-corrected chi connectivity index (χ3v) is 7.38. The van der Waals surface area contributed by atoms with Gasteiger partial charge in [-0.3, -0.25) is 4.79 Å². The Morgan fingerprint density at radius 2 is 1.90 bits per heavy atom. The Hall–Kier alpha value is -0.680. The molecule has 1 amide bonds. The van der Waals surface area contributed by atoms with Gasteiger partial charge in [0, 0.05) is 42.3 Å². The molecule has 3 atom stereocenters. The van der Waals surface area contributed by atoms with Crippen molar-refractivity contribution in [2.75, 3.05) is 24.5 Å². The minimum atomic E-state index is 0. The first-order valence-electron chi connectivity index (χ1n) is 10.6. The number of hydrogen-bond acceptors (Lipinski definition) is 3. The van der Waals surface area contributed by atoms with Crippen molar-refractivity contribution in [3.05, 3.63) is 28.8 Å². The Bertz CT molecular complexity index is 688. The van der Waals surface area contributed by atoms with Gasteiger partial charge in [0.2, 0.25) is 5.91 Å². The first-order valence-corrected chi connectivity index (χ1v) is 10.9. The fourth-order valence-corrected chi connectivity index (χ4v) is 5.70. The van der Waals surface area contributed by atoms with Gasteiger partial charge in [-0.25, -0.2) is 0 Å². The van der Waals surface area contributed by atoms with Gasteiger partial charge in [0.25, 0.3) is 0 Å². The monoisotopic (exact) mass is 461 g/mol. The Morgan fingerprint density at radius 3 is 2.59 bits per heavy atom. The van der Waals surface area contributed by atoms with Crippen LogP contribution in [-0.2, 0) is 4.79 Å². The zero-order valence-corrected chi connectivity index (χ0v) is 19.5. The van der Waals surface area contributed by atoms with E-state index in [4.69, 9.17) is 17.3 Å². The summed E-state index contributed by atoms with van der Waals surface area (Å²) in [6.45, 7) is 4.94. The number of fused-ring (bicyclic) bond motifs is 2. The number of nitrogens with one attached hydrogen (secondary N) is 1. The normalized spacial score (nSPS) is 30.9. The zero-order chi connectivity index (χ0) is 19.0. The number of halogens is 3. The highest BCUT2D eigenvalue weighted by atomic mass is 35.5. The van der Waals surface area contributed by atoms with Crippen LogP contribution >= 0.6 is 36.4 Å². The van der Waals surface area contributed by atoms with Crippen molar-refractivity contribution in [2.24, 2.45) is 29.4 Å². The Kier molecular flexibility index (Phi) is 8.96. The molecule has 4 rings (SSSR count). The van der Waals surface area contributed by atoms with Crippen LogP contribution in [0.1, 0.15) is 44.1 Å². The van der Waals surface area contributed by atoms with Crippen molar-refractivity contribution in [1.82, 2.24) is 5.32 Å². The van der Waals surface area contributed by atoms with Crippen LogP contribution in [0.3, 0.4) is 0 Å². The Labute approximate surface area is 192 Å². The number of carbonyl (C=O) groups is 1. The van der Waals surface area contributed by atoms with E-state index in [0.717, 1.165) is 43.9 Å². The van der Waals surface area contributed by atoms with Gasteiger partial charge in [-0.05, 0) is 74.5 Å². The lowest BCUT2D eigenvalue weighted by atomic mass is 9.65. The van der Waals surface area contributed by atoms with Crippen molar-refractivity contribution in [1.29, 1.82) is 0 Å². The highest BCUT2D eigenvalue weighted by Crippen LogP contribution is 2.42. The molecule has 2 bridgehead atoms. The number of carbonyl (C=O) groups excluding carboxylic acids is 1. The lowest BCUT2D eigenvalue weighted by Gasteiger charge is -2.43. The van der Waals surface area contributed by atoms with E-state index in [1.165, 1.54) is 30.5 Å². The van der Waals surface area contributed by atoms with Gasteiger partial charge < -0.3 is 16.0 Å². The van der Waals surface area contributed by atoms with E-state index in [1.54, 1.807) is 0 Å². The fraction of sp³-hybridized carbons (Fsp3) is 0.682. The molecule has 4 nitrogen and oxygen atoms in total. The standard InChI is InChI=1S/C22H32ClN3O.2ClH/c1-14-5-6-19(23)11-20(14)26-8-7-15(13-26)12-25-22(27)18-9-16-3-2-4-17(10-18)21(16)24;;/h5-6,11,15-18,21H,2-4,7-10,12-13,24H2,1H3,(H,25,27);2*1H. The van der Waals surface area contributed by atoms with Crippen molar-refractivity contribution in [3.8, 4) is 0 Å². The fourth-order valence-electron chi connectivity index (χ4n) is 5.53. The predicted molar refractivity (Wildman–Crippen MR) is 126 cm³/mol. The number of nitrogens with two attached hydrogens (primary N) is 1. The molecule has 1 aliphatic heterocycles. The molecule has 29 heavy (non-hydrogen) atoms. The molecule has 1 aromatic carbocycles. The molecule has 7 heteroatoms. The summed E-state index contributed by atoms with van der Waals surface area (Å²) in [5, 5.41) is 4.05. The van der Waals surface area contributed by atoms with Gasteiger partial charge in [-0.15, -0.1) is 24.8 Å². The molecule has 1 heterocycles. The maximum atomic E-state index is 12.8. The van der Waals surface area contributed by atoms with Gasteiger partial charge >= 0.3 is 0 Å². The number of hydrogen-bond donors (Lipinski definition) is 2. The summed E-state index contributed by atoms with van der Waals surface area (Å²) in [5.74, 6) is 2.06. The molecule has 2 saturated carbocycles. The van der Waals surface area contributed by atoms with E-state index in [2.05, 4.69) is 29.3 Å². The average Bonchev–Trinajstić information content (AvgIpc) is 3.10. The van der Waals surface area contributed by atoms with E-state index in [1.807, 2.05) is 6.07 Å². The SMILES string of the molecule is Cc1ccc(Cl)cc1N1CCC(CNC(=O)C2CC3CCCC(C2)C3N)C1.Cl.Cl. The summed E-state index contributed by atoms with van der Waals surface area (Å²) in [4.78, 5) is 15.2. The minimum absolute atomic E-state index is 0. The predicted octanol–water partition coefficient (Wildman–Crippen LogP) is 4.59. The lowest BCUT2D eigenvalue weighted by molar-refractivity contribution is -0.128. The minimum Gasteiger partial charge on any atom is -0.371 e. The molecule has 1 aromatic rings. The van der Waals surface area contributed by atoms with Crippen molar-refractivity contribution in [3.63, 3.8) is 0 Å². The Balaban J connectivity index is 0.00000150.